The van der Waals surface area contributed by atoms with Crippen LogP contribution in [-0.4, -0.2) is 39.7 Å². The van der Waals surface area contributed by atoms with E-state index in [1.807, 2.05) is 27.7 Å². The number of amides is 4. The first-order chi connectivity index (χ1) is 11.5. The van der Waals surface area contributed by atoms with Gasteiger partial charge in [0.2, 0.25) is 11.8 Å². The molecule has 2 aliphatic rings. The van der Waals surface area contributed by atoms with Gasteiger partial charge in [-0.25, -0.2) is 0 Å². The monoisotopic (exact) mass is 334 g/mol. The fraction of sp³-hybridized carbons (Fsp3) is 0.412. The number of fused-ring (bicyclic) bond motifs is 1. The number of carbonyl (C=O) groups is 4. The van der Waals surface area contributed by atoms with Crippen molar-refractivity contribution in [2.45, 2.75) is 46.6 Å². The molecule has 1 fully saturated rings. The van der Waals surface area contributed by atoms with Crippen LogP contribution < -0.4 is 5.32 Å². The summed E-state index contributed by atoms with van der Waals surface area (Å²) in [5.41, 5.74) is 0.220. The second-order valence-electron chi connectivity index (χ2n) is 4.68. The van der Waals surface area contributed by atoms with E-state index in [0.717, 1.165) is 4.90 Å². The van der Waals surface area contributed by atoms with E-state index in [0.29, 0.717) is 0 Å². The third kappa shape index (κ3) is 3.45. The number of aromatic hydroxyl groups is 1. The molecule has 24 heavy (non-hydrogen) atoms. The Morgan fingerprint density at radius 1 is 1.00 bits per heavy atom. The standard InChI is InChI=1S/C13H10N2O5.2C2H6/c16-6-1-2-7-8(5-6)13(20)15(12(7)19)9-3-4-10(17)14-11(9)18;2*1-2/h1-2,5,9,16H,3-4H2,(H,14,17,18);2*1-2H3. The van der Waals surface area contributed by atoms with Crippen LogP contribution in [0.4, 0.5) is 0 Å². The summed E-state index contributed by atoms with van der Waals surface area (Å²) in [4.78, 5) is 48.2. The number of carbonyl (C=O) groups excluding carboxylic acids is 4. The van der Waals surface area contributed by atoms with Crippen LogP contribution in [0.1, 0.15) is 61.3 Å². The Morgan fingerprint density at radius 2 is 1.58 bits per heavy atom. The molecule has 130 valence electrons. The van der Waals surface area contributed by atoms with Gasteiger partial charge in [-0.2, -0.15) is 0 Å². The molecule has 2 aliphatic heterocycles. The summed E-state index contributed by atoms with van der Waals surface area (Å²) in [6, 6.07) is 2.86. The Hall–Kier alpha value is -2.70. The van der Waals surface area contributed by atoms with Crippen LogP contribution in [0.25, 0.3) is 0 Å². The Morgan fingerprint density at radius 3 is 2.17 bits per heavy atom. The Bertz CT molecular complexity index is 669. The van der Waals surface area contributed by atoms with Gasteiger partial charge in [0, 0.05) is 6.42 Å². The molecule has 7 heteroatoms. The summed E-state index contributed by atoms with van der Waals surface area (Å²) in [6.45, 7) is 8.00. The van der Waals surface area contributed by atoms with Crippen LogP contribution in [0.3, 0.4) is 0 Å². The quantitative estimate of drug-likeness (QED) is 0.763. The van der Waals surface area contributed by atoms with Crippen LogP contribution >= 0.6 is 0 Å². The van der Waals surface area contributed by atoms with Crippen LogP contribution in [0.5, 0.6) is 5.75 Å². The molecule has 1 aromatic rings. The number of piperidine rings is 1. The van der Waals surface area contributed by atoms with Gasteiger partial charge in [-0.1, -0.05) is 27.7 Å². The Labute approximate surface area is 140 Å². The lowest BCUT2D eigenvalue weighted by Gasteiger charge is -2.27. The number of benzene rings is 1. The van der Waals surface area contributed by atoms with E-state index < -0.39 is 29.7 Å². The minimum atomic E-state index is -0.984. The highest BCUT2D eigenvalue weighted by atomic mass is 16.3. The molecule has 1 aromatic carbocycles. The van der Waals surface area contributed by atoms with E-state index in [9.17, 15) is 24.3 Å². The van der Waals surface area contributed by atoms with Crippen LogP contribution in [0, 0.1) is 0 Å². The zero-order chi connectivity index (χ0) is 18.4. The topological polar surface area (TPSA) is 104 Å². The van der Waals surface area contributed by atoms with E-state index >= 15 is 0 Å². The van der Waals surface area contributed by atoms with Crippen molar-refractivity contribution in [2.24, 2.45) is 0 Å². The highest BCUT2D eigenvalue weighted by Crippen LogP contribution is 2.29. The number of hydrogen-bond donors (Lipinski definition) is 2. The number of rotatable bonds is 1. The SMILES string of the molecule is CC.CC.O=C1CCC(N2C(=O)c3ccc(O)cc3C2=O)C(=O)N1. The average molecular weight is 334 g/mol. The van der Waals surface area contributed by atoms with Gasteiger partial charge in [0.25, 0.3) is 11.8 Å². The third-order valence-electron chi connectivity index (χ3n) is 3.42. The molecule has 0 saturated carbocycles. The molecule has 7 nitrogen and oxygen atoms in total. The summed E-state index contributed by atoms with van der Waals surface area (Å²) in [5.74, 6) is -2.41. The van der Waals surface area contributed by atoms with Crippen LogP contribution in [0.15, 0.2) is 18.2 Å². The molecule has 1 atom stereocenters. The molecule has 0 aliphatic carbocycles. The van der Waals surface area contributed by atoms with E-state index in [1.165, 1.54) is 18.2 Å². The van der Waals surface area contributed by atoms with E-state index in [-0.39, 0.29) is 29.7 Å². The number of phenolic OH excluding ortho intramolecular Hbond substituents is 1. The fourth-order valence-electron chi connectivity index (χ4n) is 2.46. The lowest BCUT2D eigenvalue weighted by Crippen LogP contribution is -2.54. The van der Waals surface area contributed by atoms with Crippen molar-refractivity contribution in [1.29, 1.82) is 0 Å². The van der Waals surface area contributed by atoms with Gasteiger partial charge in [-0.15, -0.1) is 0 Å². The van der Waals surface area contributed by atoms with Crippen molar-refractivity contribution in [3.05, 3.63) is 29.3 Å². The second kappa shape index (κ2) is 8.24. The van der Waals surface area contributed by atoms with Crippen molar-refractivity contribution < 1.29 is 24.3 Å². The predicted molar refractivity (Wildman–Crippen MR) is 87.5 cm³/mol. The first kappa shape index (κ1) is 19.3. The van der Waals surface area contributed by atoms with Crippen molar-refractivity contribution >= 4 is 23.6 Å². The molecular formula is C17H22N2O5. The fourth-order valence-corrected chi connectivity index (χ4v) is 2.46. The van der Waals surface area contributed by atoms with Gasteiger partial charge >= 0.3 is 0 Å². The number of imide groups is 2. The Balaban J connectivity index is 0.000000671. The number of nitrogens with zero attached hydrogens (tertiary/aromatic N) is 1. The minimum Gasteiger partial charge on any atom is -0.508 e. The molecule has 0 bridgehead atoms. The molecule has 2 N–H and O–H groups in total. The van der Waals surface area contributed by atoms with Crippen LogP contribution in [0.2, 0.25) is 0 Å². The van der Waals surface area contributed by atoms with Crippen molar-refractivity contribution in [3.63, 3.8) is 0 Å². The van der Waals surface area contributed by atoms with Crippen molar-refractivity contribution in [3.8, 4) is 5.75 Å². The number of nitrogens with one attached hydrogen (secondary N) is 1. The molecule has 1 unspecified atom stereocenters. The van der Waals surface area contributed by atoms with E-state index in [2.05, 4.69) is 5.32 Å². The maximum atomic E-state index is 12.2. The molecule has 0 radical (unpaired) electrons. The Kier molecular flexibility index (Phi) is 6.64. The summed E-state index contributed by atoms with van der Waals surface area (Å²) in [7, 11) is 0. The molecule has 1 saturated heterocycles. The second-order valence-corrected chi connectivity index (χ2v) is 4.68. The number of phenols is 1. The predicted octanol–water partition coefficient (Wildman–Crippen LogP) is 1.85. The summed E-state index contributed by atoms with van der Waals surface area (Å²) in [5, 5.41) is 11.5. The van der Waals surface area contributed by atoms with Gasteiger partial charge in [0.05, 0.1) is 11.1 Å². The van der Waals surface area contributed by atoms with Crippen molar-refractivity contribution in [1.82, 2.24) is 10.2 Å². The average Bonchev–Trinajstić information content (AvgIpc) is 2.83. The zero-order valence-electron chi connectivity index (χ0n) is 14.3. The molecular weight excluding hydrogens is 312 g/mol. The largest absolute Gasteiger partial charge is 0.508 e. The summed E-state index contributed by atoms with van der Waals surface area (Å²) in [6.07, 6.45) is 0.192. The van der Waals surface area contributed by atoms with E-state index in [1.54, 1.807) is 0 Å². The van der Waals surface area contributed by atoms with Gasteiger partial charge in [0.1, 0.15) is 11.8 Å². The van der Waals surface area contributed by atoms with E-state index in [4.69, 9.17) is 0 Å². The van der Waals surface area contributed by atoms with Gasteiger partial charge in [-0.3, -0.25) is 29.4 Å². The normalized spacial score (nSPS) is 18.8. The highest BCUT2D eigenvalue weighted by molar-refractivity contribution is 6.23. The first-order valence-corrected chi connectivity index (χ1v) is 8.03. The first-order valence-electron chi connectivity index (χ1n) is 8.03. The summed E-state index contributed by atoms with van der Waals surface area (Å²) < 4.78 is 0. The highest BCUT2D eigenvalue weighted by Gasteiger charge is 2.44. The maximum Gasteiger partial charge on any atom is 0.262 e. The summed E-state index contributed by atoms with van der Waals surface area (Å²) >= 11 is 0. The maximum absolute atomic E-state index is 12.2. The third-order valence-corrected chi connectivity index (χ3v) is 3.42. The molecule has 4 amide bonds. The van der Waals surface area contributed by atoms with Crippen molar-refractivity contribution in [2.75, 3.05) is 0 Å². The van der Waals surface area contributed by atoms with Crippen LogP contribution in [-0.2, 0) is 9.59 Å². The molecule has 3 rings (SSSR count). The lowest BCUT2D eigenvalue weighted by atomic mass is 10.0. The minimum absolute atomic E-state index is 0.0692. The molecule has 0 spiro atoms. The zero-order valence-corrected chi connectivity index (χ0v) is 14.3. The molecule has 0 aromatic heterocycles. The number of hydrogen-bond acceptors (Lipinski definition) is 5. The smallest absolute Gasteiger partial charge is 0.262 e. The van der Waals surface area contributed by atoms with Gasteiger partial charge in [-0.05, 0) is 24.6 Å². The molecule has 2 heterocycles. The van der Waals surface area contributed by atoms with Gasteiger partial charge < -0.3 is 5.11 Å². The lowest BCUT2D eigenvalue weighted by molar-refractivity contribution is -0.136. The van der Waals surface area contributed by atoms with Gasteiger partial charge in [0.15, 0.2) is 0 Å².